The first-order valence-electron chi connectivity index (χ1n) is 10.8. The molecule has 0 aromatic rings. The fourth-order valence-electron chi connectivity index (χ4n) is 3.06. The Morgan fingerprint density at radius 3 is 2.10 bits per heavy atom. The Labute approximate surface area is 179 Å². The molecule has 0 aliphatic carbocycles. The van der Waals surface area contributed by atoms with Gasteiger partial charge in [0.15, 0.2) is 0 Å². The van der Waals surface area contributed by atoms with E-state index in [9.17, 15) is 14.4 Å². The fourth-order valence-corrected chi connectivity index (χ4v) is 3.06. The molecule has 0 saturated carbocycles. The Balaban J connectivity index is 1.89. The van der Waals surface area contributed by atoms with Crippen molar-refractivity contribution in [3.05, 3.63) is 0 Å². The lowest BCUT2D eigenvalue weighted by atomic mass is 10.2. The van der Waals surface area contributed by atoms with Gasteiger partial charge in [0.1, 0.15) is 6.04 Å². The van der Waals surface area contributed by atoms with Crippen LogP contribution in [0.4, 0.5) is 0 Å². The Bertz CT molecular complexity index is 506. The van der Waals surface area contributed by atoms with Crippen molar-refractivity contribution in [1.29, 1.82) is 0 Å². The van der Waals surface area contributed by atoms with Gasteiger partial charge in [0.25, 0.3) is 0 Å². The van der Waals surface area contributed by atoms with Crippen molar-refractivity contribution in [2.45, 2.75) is 38.6 Å². The van der Waals surface area contributed by atoms with E-state index >= 15 is 0 Å². The maximum atomic E-state index is 12.1. The highest BCUT2D eigenvalue weighted by Gasteiger charge is 2.32. The topological polar surface area (TPSA) is 118 Å². The zero-order chi connectivity index (χ0) is 22.0. The highest BCUT2D eigenvalue weighted by Crippen LogP contribution is 2.17. The lowest BCUT2D eigenvalue weighted by molar-refractivity contribution is -0.137. The van der Waals surface area contributed by atoms with E-state index in [2.05, 4.69) is 16.0 Å². The number of carbonyl (C=O) groups is 3. The number of ether oxygens (including phenoxy) is 3. The first kappa shape index (κ1) is 26.3. The van der Waals surface area contributed by atoms with Crippen LogP contribution in [0, 0.1) is 0 Å². The highest BCUT2D eigenvalue weighted by atomic mass is 16.5. The summed E-state index contributed by atoms with van der Waals surface area (Å²) in [7, 11) is 1.92. The molecule has 1 heterocycles. The Kier molecular flexibility index (Phi) is 14.9. The Morgan fingerprint density at radius 2 is 1.50 bits per heavy atom. The largest absolute Gasteiger partial charge is 0.379 e. The van der Waals surface area contributed by atoms with E-state index in [4.69, 9.17) is 14.2 Å². The number of hydrogen-bond donors (Lipinski definition) is 3. The molecule has 1 saturated heterocycles. The molecule has 10 heteroatoms. The molecule has 1 rings (SSSR count). The summed E-state index contributed by atoms with van der Waals surface area (Å²) in [5, 5.41) is 8.40. The molecule has 0 aromatic heterocycles. The minimum atomic E-state index is -0.462. The van der Waals surface area contributed by atoms with Gasteiger partial charge in [-0.25, -0.2) is 0 Å². The van der Waals surface area contributed by atoms with Crippen LogP contribution < -0.4 is 16.0 Å². The SMILES string of the molecule is CNCCCOCCOCCOCCCNC(=O)CNC(=O)C1CCCN1C(C)=O. The minimum Gasteiger partial charge on any atom is -0.379 e. The van der Waals surface area contributed by atoms with Gasteiger partial charge >= 0.3 is 0 Å². The van der Waals surface area contributed by atoms with Crippen LogP contribution in [0.3, 0.4) is 0 Å². The molecule has 1 aliphatic rings. The van der Waals surface area contributed by atoms with Crippen molar-refractivity contribution in [2.24, 2.45) is 0 Å². The standard InChI is InChI=1S/C20H38N4O6/c1-17(25)24-9-3-6-18(24)20(27)23-16-19(26)22-8-5-11-29-13-15-30-14-12-28-10-4-7-21-2/h18,21H,3-16H2,1-2H3,(H,22,26)(H,23,27). The smallest absolute Gasteiger partial charge is 0.243 e. The molecule has 0 radical (unpaired) electrons. The second-order valence-electron chi connectivity index (χ2n) is 7.09. The van der Waals surface area contributed by atoms with E-state index in [1.165, 1.54) is 6.92 Å². The van der Waals surface area contributed by atoms with Crippen LogP contribution in [-0.2, 0) is 28.6 Å². The summed E-state index contributed by atoms with van der Waals surface area (Å²) < 4.78 is 16.3. The second-order valence-corrected chi connectivity index (χ2v) is 7.09. The molecule has 0 spiro atoms. The number of likely N-dealkylation sites (tertiary alicyclic amines) is 1. The van der Waals surface area contributed by atoms with Gasteiger partial charge in [-0.15, -0.1) is 0 Å². The van der Waals surface area contributed by atoms with Gasteiger partial charge in [0.2, 0.25) is 17.7 Å². The van der Waals surface area contributed by atoms with Crippen molar-refractivity contribution in [2.75, 3.05) is 72.9 Å². The van der Waals surface area contributed by atoms with Crippen LogP contribution in [0.15, 0.2) is 0 Å². The van der Waals surface area contributed by atoms with E-state index in [1.54, 1.807) is 4.90 Å². The van der Waals surface area contributed by atoms with Crippen molar-refractivity contribution in [1.82, 2.24) is 20.9 Å². The van der Waals surface area contributed by atoms with Gasteiger partial charge in [-0.3, -0.25) is 14.4 Å². The Hall–Kier alpha value is -1.75. The molecule has 0 aromatic carbocycles. The maximum absolute atomic E-state index is 12.1. The average Bonchev–Trinajstić information content (AvgIpc) is 3.22. The number of carbonyl (C=O) groups excluding carboxylic acids is 3. The second kappa shape index (κ2) is 17.0. The third kappa shape index (κ3) is 12.1. The zero-order valence-corrected chi connectivity index (χ0v) is 18.4. The van der Waals surface area contributed by atoms with E-state index in [0.717, 1.165) is 26.0 Å². The molecular weight excluding hydrogens is 392 g/mol. The van der Waals surface area contributed by atoms with E-state index in [0.29, 0.717) is 59.0 Å². The van der Waals surface area contributed by atoms with Gasteiger partial charge in [-0.1, -0.05) is 0 Å². The summed E-state index contributed by atoms with van der Waals surface area (Å²) in [6.07, 6.45) is 3.11. The van der Waals surface area contributed by atoms with Gasteiger partial charge in [-0.05, 0) is 39.3 Å². The molecule has 3 N–H and O–H groups in total. The van der Waals surface area contributed by atoms with Crippen LogP contribution in [0.1, 0.15) is 32.6 Å². The number of amides is 3. The summed E-state index contributed by atoms with van der Waals surface area (Å²) in [5.41, 5.74) is 0. The van der Waals surface area contributed by atoms with Crippen LogP contribution >= 0.6 is 0 Å². The number of nitrogens with one attached hydrogen (secondary N) is 3. The molecule has 30 heavy (non-hydrogen) atoms. The summed E-state index contributed by atoms with van der Waals surface area (Å²) in [5.74, 6) is -0.644. The first-order valence-corrected chi connectivity index (χ1v) is 10.8. The maximum Gasteiger partial charge on any atom is 0.243 e. The third-order valence-corrected chi connectivity index (χ3v) is 4.63. The van der Waals surface area contributed by atoms with Gasteiger partial charge in [-0.2, -0.15) is 0 Å². The normalized spacial score (nSPS) is 15.9. The van der Waals surface area contributed by atoms with Crippen LogP contribution in [-0.4, -0.2) is 102 Å². The minimum absolute atomic E-state index is 0.0905. The third-order valence-electron chi connectivity index (χ3n) is 4.63. The molecule has 1 fully saturated rings. The zero-order valence-electron chi connectivity index (χ0n) is 18.4. The number of rotatable bonds is 17. The molecule has 174 valence electrons. The molecule has 1 unspecified atom stereocenters. The van der Waals surface area contributed by atoms with Crippen LogP contribution in [0.2, 0.25) is 0 Å². The molecule has 1 aliphatic heterocycles. The average molecular weight is 431 g/mol. The summed E-state index contributed by atoms with van der Waals surface area (Å²) >= 11 is 0. The lowest BCUT2D eigenvalue weighted by Crippen LogP contribution is -2.47. The molecule has 3 amide bonds. The molecule has 1 atom stereocenters. The van der Waals surface area contributed by atoms with Crippen molar-refractivity contribution >= 4 is 17.7 Å². The van der Waals surface area contributed by atoms with Gasteiger partial charge < -0.3 is 35.1 Å². The quantitative estimate of drug-likeness (QED) is 0.261. The summed E-state index contributed by atoms with van der Waals surface area (Å²) in [6.45, 7) is 6.77. The van der Waals surface area contributed by atoms with Crippen molar-refractivity contribution < 1.29 is 28.6 Å². The molecule has 0 bridgehead atoms. The first-order chi connectivity index (χ1) is 14.6. The Morgan fingerprint density at radius 1 is 0.900 bits per heavy atom. The highest BCUT2D eigenvalue weighted by molar-refractivity contribution is 5.90. The van der Waals surface area contributed by atoms with E-state index in [1.807, 2.05) is 7.05 Å². The van der Waals surface area contributed by atoms with Gasteiger partial charge in [0, 0.05) is 33.2 Å². The predicted octanol–water partition coefficient (Wildman–Crippen LogP) is -0.721. The summed E-state index contributed by atoms with van der Waals surface area (Å²) in [4.78, 5) is 37.0. The number of hydrogen-bond acceptors (Lipinski definition) is 7. The van der Waals surface area contributed by atoms with Crippen molar-refractivity contribution in [3.63, 3.8) is 0 Å². The molecule has 10 nitrogen and oxygen atoms in total. The fraction of sp³-hybridized carbons (Fsp3) is 0.850. The molecular formula is C20H38N4O6. The predicted molar refractivity (Wildman–Crippen MR) is 112 cm³/mol. The lowest BCUT2D eigenvalue weighted by Gasteiger charge is -2.22. The van der Waals surface area contributed by atoms with E-state index in [-0.39, 0.29) is 24.3 Å². The van der Waals surface area contributed by atoms with Crippen LogP contribution in [0.25, 0.3) is 0 Å². The van der Waals surface area contributed by atoms with Crippen LogP contribution in [0.5, 0.6) is 0 Å². The van der Waals surface area contributed by atoms with Crippen molar-refractivity contribution in [3.8, 4) is 0 Å². The van der Waals surface area contributed by atoms with Gasteiger partial charge in [0.05, 0.1) is 33.0 Å². The van der Waals surface area contributed by atoms with E-state index < -0.39 is 6.04 Å². The number of nitrogens with zero attached hydrogens (tertiary/aromatic N) is 1. The summed E-state index contributed by atoms with van der Waals surface area (Å²) in [6, 6.07) is -0.462. The monoisotopic (exact) mass is 430 g/mol.